The van der Waals surface area contributed by atoms with Crippen molar-refractivity contribution in [3.63, 3.8) is 0 Å². The molecule has 2 aromatic rings. The third-order valence-corrected chi connectivity index (χ3v) is 2.01. The quantitative estimate of drug-likeness (QED) is 0.864. The molecule has 0 saturated carbocycles. The molecule has 0 aromatic carbocycles. The van der Waals surface area contributed by atoms with Gasteiger partial charge < -0.3 is 15.2 Å². The van der Waals surface area contributed by atoms with E-state index < -0.39 is 0 Å². The second-order valence-electron chi connectivity index (χ2n) is 3.34. The molecule has 2 N–H and O–H groups in total. The maximum Gasteiger partial charge on any atom is 0.227 e. The summed E-state index contributed by atoms with van der Waals surface area (Å²) in [6.07, 6.45) is 1.61. The van der Waals surface area contributed by atoms with Crippen LogP contribution in [0.2, 0.25) is 0 Å². The Morgan fingerprint density at radius 2 is 1.94 bits per heavy atom. The van der Waals surface area contributed by atoms with Crippen LogP contribution in [-0.4, -0.2) is 22.1 Å². The number of aromatic nitrogens is 3. The van der Waals surface area contributed by atoms with Gasteiger partial charge in [-0.3, -0.25) is 4.98 Å². The molecule has 0 spiro atoms. The Morgan fingerprint density at radius 1 is 1.18 bits per heavy atom. The standard InChI is InChI=1S/C11H12N4O2/c1-7-3-4-8(6-13-7)17-10-5-9(16-2)14-11(12)15-10/h3-6H,1-2H3,(H2,12,14,15). The van der Waals surface area contributed by atoms with E-state index in [-0.39, 0.29) is 5.95 Å². The number of ether oxygens (including phenoxy) is 2. The molecule has 0 fully saturated rings. The monoisotopic (exact) mass is 232 g/mol. The lowest BCUT2D eigenvalue weighted by molar-refractivity contribution is 0.389. The topological polar surface area (TPSA) is 83.2 Å². The van der Waals surface area contributed by atoms with Gasteiger partial charge in [0.2, 0.25) is 17.7 Å². The zero-order chi connectivity index (χ0) is 12.3. The lowest BCUT2D eigenvalue weighted by Crippen LogP contribution is -1.99. The third kappa shape index (κ3) is 2.81. The van der Waals surface area contributed by atoms with Crippen LogP contribution in [0.4, 0.5) is 5.95 Å². The highest BCUT2D eigenvalue weighted by molar-refractivity contribution is 5.32. The fourth-order valence-corrected chi connectivity index (χ4v) is 1.21. The summed E-state index contributed by atoms with van der Waals surface area (Å²) in [6, 6.07) is 5.19. The molecular weight excluding hydrogens is 220 g/mol. The molecule has 0 aliphatic heterocycles. The predicted molar refractivity (Wildman–Crippen MR) is 62.0 cm³/mol. The summed E-state index contributed by atoms with van der Waals surface area (Å²) in [5.74, 6) is 1.35. The highest BCUT2D eigenvalue weighted by atomic mass is 16.5. The smallest absolute Gasteiger partial charge is 0.227 e. The normalized spacial score (nSPS) is 10.0. The van der Waals surface area contributed by atoms with Crippen molar-refractivity contribution < 1.29 is 9.47 Å². The number of nitrogens with two attached hydrogens (primary N) is 1. The molecule has 2 heterocycles. The average Bonchev–Trinajstić information content (AvgIpc) is 2.31. The Morgan fingerprint density at radius 3 is 2.59 bits per heavy atom. The Hall–Kier alpha value is -2.37. The maximum atomic E-state index is 5.51. The number of aryl methyl sites for hydroxylation is 1. The van der Waals surface area contributed by atoms with Gasteiger partial charge in [0.1, 0.15) is 5.75 Å². The van der Waals surface area contributed by atoms with Crippen molar-refractivity contribution in [3.05, 3.63) is 30.1 Å². The minimum atomic E-state index is 0.0967. The minimum Gasteiger partial charge on any atom is -0.481 e. The summed E-state index contributed by atoms with van der Waals surface area (Å²) in [5, 5.41) is 0. The van der Waals surface area contributed by atoms with Gasteiger partial charge >= 0.3 is 0 Å². The summed E-state index contributed by atoms with van der Waals surface area (Å²) < 4.78 is 10.4. The predicted octanol–water partition coefficient (Wildman–Crippen LogP) is 1.56. The summed E-state index contributed by atoms with van der Waals surface area (Å²) >= 11 is 0. The van der Waals surface area contributed by atoms with Gasteiger partial charge in [0.25, 0.3) is 0 Å². The number of rotatable bonds is 3. The van der Waals surface area contributed by atoms with Crippen molar-refractivity contribution in [1.29, 1.82) is 0 Å². The zero-order valence-corrected chi connectivity index (χ0v) is 9.54. The molecule has 2 rings (SSSR count). The van der Waals surface area contributed by atoms with E-state index in [1.54, 1.807) is 18.3 Å². The molecule has 0 aliphatic carbocycles. The second kappa shape index (κ2) is 4.65. The van der Waals surface area contributed by atoms with Crippen molar-refractivity contribution >= 4 is 5.95 Å². The molecule has 0 aliphatic rings. The summed E-state index contributed by atoms with van der Waals surface area (Å²) in [7, 11) is 1.50. The van der Waals surface area contributed by atoms with Crippen molar-refractivity contribution in [2.45, 2.75) is 6.92 Å². The van der Waals surface area contributed by atoms with Crippen LogP contribution in [0.1, 0.15) is 5.69 Å². The van der Waals surface area contributed by atoms with E-state index in [1.807, 2.05) is 13.0 Å². The molecule has 0 unspecified atom stereocenters. The van der Waals surface area contributed by atoms with Gasteiger partial charge in [0.15, 0.2) is 0 Å². The van der Waals surface area contributed by atoms with Crippen LogP contribution in [-0.2, 0) is 0 Å². The lowest BCUT2D eigenvalue weighted by Gasteiger charge is -2.06. The molecule has 0 atom stereocenters. The van der Waals surface area contributed by atoms with E-state index in [0.717, 1.165) is 5.69 Å². The first-order valence-corrected chi connectivity index (χ1v) is 4.96. The first-order valence-electron chi connectivity index (χ1n) is 4.96. The van der Waals surface area contributed by atoms with E-state index in [0.29, 0.717) is 17.5 Å². The highest BCUT2D eigenvalue weighted by Gasteiger charge is 2.04. The molecule has 6 nitrogen and oxygen atoms in total. The first-order chi connectivity index (χ1) is 8.17. The Bertz CT molecular complexity index is 513. The van der Waals surface area contributed by atoms with Crippen LogP contribution in [0.3, 0.4) is 0 Å². The number of pyridine rings is 1. The van der Waals surface area contributed by atoms with Crippen LogP contribution < -0.4 is 15.2 Å². The van der Waals surface area contributed by atoms with Crippen LogP contribution >= 0.6 is 0 Å². The fourth-order valence-electron chi connectivity index (χ4n) is 1.21. The van der Waals surface area contributed by atoms with Crippen molar-refractivity contribution in [2.75, 3.05) is 12.8 Å². The number of nitrogen functional groups attached to an aromatic ring is 1. The van der Waals surface area contributed by atoms with Gasteiger partial charge in [-0.2, -0.15) is 9.97 Å². The highest BCUT2D eigenvalue weighted by Crippen LogP contribution is 2.22. The Balaban J connectivity index is 2.23. The average molecular weight is 232 g/mol. The summed E-state index contributed by atoms with van der Waals surface area (Å²) in [4.78, 5) is 11.9. The van der Waals surface area contributed by atoms with E-state index in [2.05, 4.69) is 15.0 Å². The van der Waals surface area contributed by atoms with Crippen LogP contribution in [0.25, 0.3) is 0 Å². The van der Waals surface area contributed by atoms with Gasteiger partial charge in [-0.1, -0.05) is 0 Å². The summed E-state index contributed by atoms with van der Waals surface area (Å²) in [5.41, 5.74) is 6.43. The van der Waals surface area contributed by atoms with Crippen LogP contribution in [0.15, 0.2) is 24.4 Å². The van der Waals surface area contributed by atoms with Gasteiger partial charge in [-0.25, -0.2) is 0 Å². The van der Waals surface area contributed by atoms with E-state index in [9.17, 15) is 0 Å². The minimum absolute atomic E-state index is 0.0967. The van der Waals surface area contributed by atoms with E-state index in [4.69, 9.17) is 15.2 Å². The lowest BCUT2D eigenvalue weighted by atomic mass is 10.4. The first kappa shape index (κ1) is 11.1. The maximum absolute atomic E-state index is 5.51. The number of anilines is 1. The van der Waals surface area contributed by atoms with Gasteiger partial charge in [0.05, 0.1) is 19.4 Å². The summed E-state index contributed by atoms with van der Waals surface area (Å²) in [6.45, 7) is 1.90. The number of hydrogen-bond donors (Lipinski definition) is 1. The van der Waals surface area contributed by atoms with Crippen LogP contribution in [0, 0.1) is 6.92 Å². The molecule has 0 saturated heterocycles. The molecule has 17 heavy (non-hydrogen) atoms. The number of nitrogens with zero attached hydrogens (tertiary/aromatic N) is 3. The van der Waals surface area contributed by atoms with E-state index in [1.165, 1.54) is 7.11 Å². The number of hydrogen-bond acceptors (Lipinski definition) is 6. The van der Waals surface area contributed by atoms with Gasteiger partial charge in [-0.05, 0) is 19.1 Å². The Kier molecular flexibility index (Phi) is 3.04. The van der Waals surface area contributed by atoms with Gasteiger partial charge in [0, 0.05) is 5.69 Å². The SMILES string of the molecule is COc1cc(Oc2ccc(C)nc2)nc(N)n1. The van der Waals surface area contributed by atoms with Crippen LogP contribution in [0.5, 0.6) is 17.5 Å². The largest absolute Gasteiger partial charge is 0.481 e. The molecule has 0 bridgehead atoms. The molecule has 6 heteroatoms. The number of methoxy groups -OCH3 is 1. The third-order valence-electron chi connectivity index (χ3n) is 2.01. The molecular formula is C11H12N4O2. The van der Waals surface area contributed by atoms with E-state index >= 15 is 0 Å². The van der Waals surface area contributed by atoms with Crippen molar-refractivity contribution in [1.82, 2.24) is 15.0 Å². The molecule has 0 amide bonds. The second-order valence-corrected chi connectivity index (χ2v) is 3.34. The van der Waals surface area contributed by atoms with Gasteiger partial charge in [-0.15, -0.1) is 0 Å². The molecule has 88 valence electrons. The van der Waals surface area contributed by atoms with Crippen molar-refractivity contribution in [2.24, 2.45) is 0 Å². The molecule has 0 radical (unpaired) electrons. The molecule has 2 aromatic heterocycles. The Labute approximate surface area is 98.4 Å². The van der Waals surface area contributed by atoms with Crippen molar-refractivity contribution in [3.8, 4) is 17.5 Å². The zero-order valence-electron chi connectivity index (χ0n) is 9.54. The fraction of sp³-hybridized carbons (Fsp3) is 0.182.